The molecule has 1 fully saturated rings. The van der Waals surface area contributed by atoms with Crippen molar-refractivity contribution in [1.82, 2.24) is 24.5 Å². The van der Waals surface area contributed by atoms with Gasteiger partial charge in [0.2, 0.25) is 0 Å². The van der Waals surface area contributed by atoms with Gasteiger partial charge in [-0.25, -0.2) is 9.50 Å². The van der Waals surface area contributed by atoms with Crippen LogP contribution in [0.5, 0.6) is 0 Å². The topological polar surface area (TPSA) is 90.2 Å². The lowest BCUT2D eigenvalue weighted by Crippen LogP contribution is -2.26. The summed E-state index contributed by atoms with van der Waals surface area (Å²) in [6, 6.07) is 8.00. The summed E-state index contributed by atoms with van der Waals surface area (Å²) in [6.45, 7) is 5.72. The van der Waals surface area contributed by atoms with Crippen molar-refractivity contribution in [2.24, 2.45) is 0 Å². The lowest BCUT2D eigenvalue weighted by molar-refractivity contribution is 0.533. The SMILES string of the molecule is Cc1cn2nc(-c3cc(N)c4c(=O)n(C5CCNC5)ccc4c3)cc(C)c2n1. The first-order valence-corrected chi connectivity index (χ1v) is 9.50. The number of nitrogens with two attached hydrogens (primary N) is 1. The van der Waals surface area contributed by atoms with Gasteiger partial charge in [0.25, 0.3) is 5.56 Å². The third kappa shape index (κ3) is 2.58. The van der Waals surface area contributed by atoms with Crippen molar-refractivity contribution in [1.29, 1.82) is 0 Å². The summed E-state index contributed by atoms with van der Waals surface area (Å²) in [7, 11) is 0. The van der Waals surface area contributed by atoms with Crippen molar-refractivity contribution in [2.45, 2.75) is 26.3 Å². The molecule has 1 saturated heterocycles. The molecule has 1 aliphatic heterocycles. The summed E-state index contributed by atoms with van der Waals surface area (Å²) >= 11 is 0. The lowest BCUT2D eigenvalue weighted by atomic mass is 10.0. The number of nitrogens with one attached hydrogen (secondary N) is 1. The van der Waals surface area contributed by atoms with E-state index in [1.54, 1.807) is 9.08 Å². The Morgan fingerprint density at radius 2 is 2.11 bits per heavy atom. The number of hydrogen-bond acceptors (Lipinski definition) is 5. The Morgan fingerprint density at radius 1 is 1.25 bits per heavy atom. The Morgan fingerprint density at radius 3 is 2.89 bits per heavy atom. The predicted octanol–water partition coefficient (Wildman–Crippen LogP) is 2.44. The average Bonchev–Trinajstić information content (AvgIpc) is 3.31. The van der Waals surface area contributed by atoms with E-state index in [9.17, 15) is 4.79 Å². The summed E-state index contributed by atoms with van der Waals surface area (Å²) in [6.07, 6.45) is 4.74. The number of nitrogens with zero attached hydrogens (tertiary/aromatic N) is 4. The third-order valence-electron chi connectivity index (χ3n) is 5.52. The second kappa shape index (κ2) is 6.17. The van der Waals surface area contributed by atoms with Gasteiger partial charge in [-0.2, -0.15) is 5.10 Å². The number of imidazole rings is 1. The molecule has 7 nitrogen and oxygen atoms in total. The van der Waals surface area contributed by atoms with Gasteiger partial charge in [-0.15, -0.1) is 0 Å². The average molecular weight is 374 g/mol. The molecule has 4 heterocycles. The van der Waals surface area contributed by atoms with Gasteiger partial charge in [-0.05, 0) is 62.0 Å². The molecule has 1 aromatic carbocycles. The molecule has 1 aliphatic rings. The Balaban J connectivity index is 1.68. The summed E-state index contributed by atoms with van der Waals surface area (Å²) in [5, 5.41) is 9.41. The van der Waals surface area contributed by atoms with E-state index in [-0.39, 0.29) is 11.6 Å². The van der Waals surface area contributed by atoms with Gasteiger partial charge in [-0.1, -0.05) is 0 Å². The highest BCUT2D eigenvalue weighted by molar-refractivity contribution is 5.95. The van der Waals surface area contributed by atoms with Crippen LogP contribution in [0.25, 0.3) is 27.7 Å². The molecule has 0 spiro atoms. The summed E-state index contributed by atoms with van der Waals surface area (Å²) in [5.41, 5.74) is 11.3. The summed E-state index contributed by atoms with van der Waals surface area (Å²) in [5.74, 6) is 0. The predicted molar refractivity (Wildman–Crippen MR) is 111 cm³/mol. The molecular formula is C21H22N6O. The van der Waals surface area contributed by atoms with Crippen molar-refractivity contribution in [3.8, 4) is 11.3 Å². The van der Waals surface area contributed by atoms with Crippen LogP contribution in [0.15, 0.2) is 41.5 Å². The number of pyridine rings is 1. The minimum atomic E-state index is -0.0277. The first-order chi connectivity index (χ1) is 13.5. The van der Waals surface area contributed by atoms with Crippen LogP contribution in [-0.4, -0.2) is 32.3 Å². The second-order valence-electron chi connectivity index (χ2n) is 7.57. The molecule has 5 rings (SSSR count). The number of hydrogen-bond donors (Lipinski definition) is 2. The number of rotatable bonds is 2. The first-order valence-electron chi connectivity index (χ1n) is 9.50. The van der Waals surface area contributed by atoms with Gasteiger partial charge >= 0.3 is 0 Å². The number of fused-ring (bicyclic) bond motifs is 2. The molecule has 0 aliphatic carbocycles. The fourth-order valence-electron chi connectivity index (χ4n) is 4.12. The minimum Gasteiger partial charge on any atom is -0.398 e. The monoisotopic (exact) mass is 374 g/mol. The molecule has 1 atom stereocenters. The zero-order valence-corrected chi connectivity index (χ0v) is 15.9. The van der Waals surface area contributed by atoms with Crippen molar-refractivity contribution in [3.05, 3.63) is 58.3 Å². The van der Waals surface area contributed by atoms with Gasteiger partial charge in [0, 0.05) is 24.0 Å². The Bertz CT molecular complexity index is 1280. The van der Waals surface area contributed by atoms with Gasteiger partial charge in [0.05, 0.1) is 29.0 Å². The van der Waals surface area contributed by atoms with E-state index < -0.39 is 0 Å². The third-order valence-corrected chi connectivity index (χ3v) is 5.52. The fourth-order valence-corrected chi connectivity index (χ4v) is 4.12. The Hall–Kier alpha value is -3.19. The molecule has 3 N–H and O–H groups in total. The molecule has 1 unspecified atom stereocenters. The highest BCUT2D eigenvalue weighted by Crippen LogP contribution is 2.28. The van der Waals surface area contributed by atoms with Crippen LogP contribution in [0.2, 0.25) is 0 Å². The molecule has 0 radical (unpaired) electrons. The normalized spacial score (nSPS) is 17.0. The summed E-state index contributed by atoms with van der Waals surface area (Å²) in [4.78, 5) is 17.5. The van der Waals surface area contributed by atoms with E-state index in [1.807, 2.05) is 50.5 Å². The van der Waals surface area contributed by atoms with Gasteiger partial charge in [-0.3, -0.25) is 4.79 Å². The van der Waals surface area contributed by atoms with Gasteiger partial charge in [0.15, 0.2) is 5.65 Å². The van der Waals surface area contributed by atoms with Crippen molar-refractivity contribution < 1.29 is 0 Å². The van der Waals surface area contributed by atoms with Crippen molar-refractivity contribution in [3.63, 3.8) is 0 Å². The van der Waals surface area contributed by atoms with Crippen molar-refractivity contribution in [2.75, 3.05) is 18.8 Å². The molecule has 7 heteroatoms. The van der Waals surface area contributed by atoms with E-state index in [1.165, 1.54) is 0 Å². The van der Waals surface area contributed by atoms with Gasteiger partial charge in [0.1, 0.15) is 0 Å². The molecule has 28 heavy (non-hydrogen) atoms. The maximum absolute atomic E-state index is 13.0. The molecule has 0 amide bonds. The van der Waals surface area contributed by atoms with E-state index in [0.717, 1.165) is 53.1 Å². The van der Waals surface area contributed by atoms with Crippen LogP contribution < -0.4 is 16.6 Å². The second-order valence-corrected chi connectivity index (χ2v) is 7.57. The van der Waals surface area contributed by atoms with E-state index in [4.69, 9.17) is 5.73 Å². The lowest BCUT2D eigenvalue weighted by Gasteiger charge is -2.15. The molecule has 0 saturated carbocycles. The zero-order valence-electron chi connectivity index (χ0n) is 15.9. The maximum atomic E-state index is 13.0. The van der Waals surface area contributed by atoms with Crippen LogP contribution >= 0.6 is 0 Å². The van der Waals surface area contributed by atoms with Crippen LogP contribution in [0, 0.1) is 13.8 Å². The molecule has 142 valence electrons. The van der Waals surface area contributed by atoms with Crippen LogP contribution in [0.3, 0.4) is 0 Å². The highest BCUT2D eigenvalue weighted by atomic mass is 16.1. The van der Waals surface area contributed by atoms with Gasteiger partial charge < -0.3 is 15.6 Å². The number of benzene rings is 1. The molecule has 4 aromatic rings. The first kappa shape index (κ1) is 16.9. The van der Waals surface area contributed by atoms with Crippen molar-refractivity contribution >= 4 is 22.1 Å². The Kier molecular flexibility index (Phi) is 3.73. The zero-order chi connectivity index (χ0) is 19.4. The Labute approximate surface area is 161 Å². The molecule has 3 aromatic heterocycles. The minimum absolute atomic E-state index is 0.0277. The quantitative estimate of drug-likeness (QED) is 0.526. The van der Waals surface area contributed by atoms with E-state index in [2.05, 4.69) is 15.4 Å². The molecular weight excluding hydrogens is 352 g/mol. The highest BCUT2D eigenvalue weighted by Gasteiger charge is 2.19. The number of anilines is 1. The smallest absolute Gasteiger partial charge is 0.260 e. The summed E-state index contributed by atoms with van der Waals surface area (Å²) < 4.78 is 3.60. The number of aryl methyl sites for hydroxylation is 2. The van der Waals surface area contributed by atoms with E-state index in [0.29, 0.717) is 11.1 Å². The number of aromatic nitrogens is 4. The van der Waals surface area contributed by atoms with Crippen LogP contribution in [-0.2, 0) is 0 Å². The fraction of sp³-hybridized carbons (Fsp3) is 0.286. The standard InChI is InChI=1S/C21H22N6O/c1-12-7-18(25-27-11-13(2)24-20(12)27)15-8-14-4-6-26(16-3-5-23-10-16)21(28)19(14)17(22)9-15/h4,6-9,11,16,23H,3,5,10,22H2,1-2H3. The van der Waals surface area contributed by atoms with Crippen LogP contribution in [0.4, 0.5) is 5.69 Å². The molecule has 0 bridgehead atoms. The largest absolute Gasteiger partial charge is 0.398 e. The van der Waals surface area contributed by atoms with Crippen LogP contribution in [0.1, 0.15) is 23.7 Å². The maximum Gasteiger partial charge on any atom is 0.260 e. The number of nitrogen functional groups attached to an aromatic ring is 1. The van der Waals surface area contributed by atoms with E-state index >= 15 is 0 Å².